The van der Waals surface area contributed by atoms with E-state index in [-0.39, 0.29) is 12.1 Å². The normalized spacial score (nSPS) is 15.6. The van der Waals surface area contributed by atoms with Gasteiger partial charge in [-0.15, -0.1) is 11.3 Å². The van der Waals surface area contributed by atoms with Crippen molar-refractivity contribution < 1.29 is 4.79 Å². The second-order valence-electron chi connectivity index (χ2n) is 7.04. The SMILES string of the molecule is CN(C)C(CNC(=O)Nc1ccc(N2CCCCC2)c(Cl)c1)c1cccs1. The van der Waals surface area contributed by atoms with Crippen LogP contribution < -0.4 is 15.5 Å². The van der Waals surface area contributed by atoms with Gasteiger partial charge in [-0.25, -0.2) is 4.79 Å². The summed E-state index contributed by atoms with van der Waals surface area (Å²) in [6, 6.07) is 9.79. The third-order valence-electron chi connectivity index (χ3n) is 4.85. The Morgan fingerprint density at radius 3 is 2.67 bits per heavy atom. The molecule has 0 saturated carbocycles. The highest BCUT2D eigenvalue weighted by atomic mass is 35.5. The molecule has 3 rings (SSSR count). The number of rotatable bonds is 6. The minimum absolute atomic E-state index is 0.154. The van der Waals surface area contributed by atoms with Crippen molar-refractivity contribution in [3.63, 3.8) is 0 Å². The lowest BCUT2D eigenvalue weighted by molar-refractivity contribution is 0.244. The predicted molar refractivity (Wildman–Crippen MR) is 115 cm³/mol. The van der Waals surface area contributed by atoms with Crippen molar-refractivity contribution >= 4 is 40.3 Å². The van der Waals surface area contributed by atoms with E-state index < -0.39 is 0 Å². The maximum absolute atomic E-state index is 12.3. The molecule has 1 unspecified atom stereocenters. The summed E-state index contributed by atoms with van der Waals surface area (Å²) >= 11 is 8.16. The van der Waals surface area contributed by atoms with Crippen LogP contribution in [0.4, 0.5) is 16.2 Å². The molecule has 1 saturated heterocycles. The molecule has 0 aliphatic carbocycles. The second kappa shape index (κ2) is 9.44. The summed E-state index contributed by atoms with van der Waals surface area (Å²) in [5.74, 6) is 0. The molecule has 2 amide bonds. The molecule has 1 atom stereocenters. The van der Waals surface area contributed by atoms with Crippen molar-refractivity contribution in [2.24, 2.45) is 0 Å². The number of carbonyl (C=O) groups is 1. The third kappa shape index (κ3) is 5.37. The molecule has 1 aliphatic heterocycles. The van der Waals surface area contributed by atoms with E-state index in [0.29, 0.717) is 17.3 Å². The smallest absolute Gasteiger partial charge is 0.319 e. The molecule has 0 radical (unpaired) electrons. The fourth-order valence-electron chi connectivity index (χ4n) is 3.36. The van der Waals surface area contributed by atoms with Crippen molar-refractivity contribution in [3.8, 4) is 0 Å². The summed E-state index contributed by atoms with van der Waals surface area (Å²) in [6.07, 6.45) is 3.69. The Balaban J connectivity index is 1.56. The number of carbonyl (C=O) groups excluding carboxylic acids is 1. The number of likely N-dealkylation sites (N-methyl/N-ethyl adjacent to an activating group) is 1. The number of piperidine rings is 1. The maximum atomic E-state index is 12.3. The fraction of sp³-hybridized carbons (Fsp3) is 0.450. The zero-order valence-corrected chi connectivity index (χ0v) is 17.4. The molecule has 5 nitrogen and oxygen atoms in total. The van der Waals surface area contributed by atoms with Crippen molar-refractivity contribution in [2.75, 3.05) is 43.9 Å². The molecule has 0 bridgehead atoms. The summed E-state index contributed by atoms with van der Waals surface area (Å²) in [5.41, 5.74) is 1.75. The van der Waals surface area contributed by atoms with Gasteiger partial charge in [0.25, 0.3) is 0 Å². The number of urea groups is 1. The van der Waals surface area contributed by atoms with Crippen LogP contribution in [-0.4, -0.2) is 44.7 Å². The van der Waals surface area contributed by atoms with E-state index in [1.807, 2.05) is 38.4 Å². The van der Waals surface area contributed by atoms with Gasteiger partial charge in [-0.1, -0.05) is 17.7 Å². The van der Waals surface area contributed by atoms with E-state index in [0.717, 1.165) is 18.8 Å². The molecule has 7 heteroatoms. The number of anilines is 2. The lowest BCUT2D eigenvalue weighted by Gasteiger charge is -2.29. The van der Waals surface area contributed by atoms with E-state index >= 15 is 0 Å². The van der Waals surface area contributed by atoms with Crippen LogP contribution in [0.2, 0.25) is 5.02 Å². The van der Waals surface area contributed by atoms with Gasteiger partial charge in [-0.2, -0.15) is 0 Å². The van der Waals surface area contributed by atoms with Crippen LogP contribution in [0.1, 0.15) is 30.2 Å². The Hall–Kier alpha value is -1.76. The average Bonchev–Trinajstić information content (AvgIpc) is 3.17. The average molecular weight is 407 g/mol. The zero-order valence-electron chi connectivity index (χ0n) is 15.9. The third-order valence-corrected chi connectivity index (χ3v) is 6.13. The van der Waals surface area contributed by atoms with Gasteiger partial charge in [0.15, 0.2) is 0 Å². The van der Waals surface area contributed by atoms with Crippen LogP contribution in [0.3, 0.4) is 0 Å². The molecule has 2 N–H and O–H groups in total. The summed E-state index contributed by atoms with van der Waals surface area (Å²) in [4.78, 5) is 18.0. The minimum atomic E-state index is -0.222. The second-order valence-corrected chi connectivity index (χ2v) is 8.43. The lowest BCUT2D eigenvalue weighted by atomic mass is 10.1. The Bertz CT molecular complexity index is 744. The number of nitrogens with zero attached hydrogens (tertiary/aromatic N) is 2. The highest BCUT2D eigenvalue weighted by Gasteiger charge is 2.17. The highest BCUT2D eigenvalue weighted by molar-refractivity contribution is 7.10. The van der Waals surface area contributed by atoms with Gasteiger partial charge in [-0.05, 0) is 63.0 Å². The molecule has 1 aromatic carbocycles. The van der Waals surface area contributed by atoms with Crippen molar-refractivity contribution in [1.82, 2.24) is 10.2 Å². The first kappa shape index (κ1) is 20.0. The van der Waals surface area contributed by atoms with Crippen molar-refractivity contribution in [1.29, 1.82) is 0 Å². The fourth-order valence-corrected chi connectivity index (χ4v) is 4.58. The first-order valence-electron chi connectivity index (χ1n) is 9.34. The number of halogens is 1. The molecule has 0 spiro atoms. The van der Waals surface area contributed by atoms with Crippen molar-refractivity contribution in [3.05, 3.63) is 45.6 Å². The van der Waals surface area contributed by atoms with Gasteiger partial charge in [0.1, 0.15) is 0 Å². The minimum Gasteiger partial charge on any atom is -0.370 e. The predicted octanol–water partition coefficient (Wildman–Crippen LogP) is 4.82. The monoisotopic (exact) mass is 406 g/mol. The molecule has 27 heavy (non-hydrogen) atoms. The van der Waals surface area contributed by atoms with Gasteiger partial charge in [0.2, 0.25) is 0 Å². The van der Waals surface area contributed by atoms with Crippen LogP contribution in [0.5, 0.6) is 0 Å². The van der Waals surface area contributed by atoms with Crippen molar-refractivity contribution in [2.45, 2.75) is 25.3 Å². The van der Waals surface area contributed by atoms with E-state index in [9.17, 15) is 4.79 Å². The molecular formula is C20H27ClN4OS. The van der Waals surface area contributed by atoms with Gasteiger partial charge in [0, 0.05) is 30.2 Å². The molecule has 2 heterocycles. The van der Waals surface area contributed by atoms with Crippen LogP contribution in [0.15, 0.2) is 35.7 Å². The van der Waals surface area contributed by atoms with Crippen LogP contribution >= 0.6 is 22.9 Å². The van der Waals surface area contributed by atoms with E-state index in [2.05, 4.69) is 31.9 Å². The molecule has 146 valence electrons. The molecule has 1 fully saturated rings. The number of thiophene rings is 1. The van der Waals surface area contributed by atoms with Gasteiger partial charge < -0.3 is 20.4 Å². The van der Waals surface area contributed by atoms with Crippen LogP contribution in [-0.2, 0) is 0 Å². The first-order chi connectivity index (χ1) is 13.0. The molecule has 2 aromatic rings. The number of nitrogens with one attached hydrogen (secondary N) is 2. The lowest BCUT2D eigenvalue weighted by Crippen LogP contribution is -2.36. The Morgan fingerprint density at radius 1 is 1.26 bits per heavy atom. The molecule has 1 aliphatic rings. The topological polar surface area (TPSA) is 47.6 Å². The highest BCUT2D eigenvalue weighted by Crippen LogP contribution is 2.30. The summed E-state index contributed by atoms with van der Waals surface area (Å²) in [5, 5.41) is 8.58. The van der Waals surface area contributed by atoms with Crippen LogP contribution in [0, 0.1) is 0 Å². The maximum Gasteiger partial charge on any atom is 0.319 e. The zero-order chi connectivity index (χ0) is 19.2. The quantitative estimate of drug-likeness (QED) is 0.723. The molecule has 1 aromatic heterocycles. The largest absolute Gasteiger partial charge is 0.370 e. The number of benzene rings is 1. The Morgan fingerprint density at radius 2 is 2.04 bits per heavy atom. The standard InChI is InChI=1S/C20H27ClN4OS/c1-24(2)18(19-7-6-12-27-19)14-22-20(26)23-15-8-9-17(16(21)13-15)25-10-4-3-5-11-25/h6-9,12-13,18H,3-5,10-11,14H2,1-2H3,(H2,22,23,26). The van der Waals surface area contributed by atoms with Crippen LogP contribution in [0.25, 0.3) is 0 Å². The molecular weight excluding hydrogens is 380 g/mol. The van der Waals surface area contributed by atoms with E-state index in [1.165, 1.54) is 24.1 Å². The summed E-state index contributed by atoms with van der Waals surface area (Å²) in [7, 11) is 4.03. The van der Waals surface area contributed by atoms with Gasteiger partial charge in [-0.3, -0.25) is 0 Å². The number of hydrogen-bond donors (Lipinski definition) is 2. The van der Waals surface area contributed by atoms with E-state index in [1.54, 1.807) is 11.3 Å². The van der Waals surface area contributed by atoms with E-state index in [4.69, 9.17) is 11.6 Å². The summed E-state index contributed by atoms with van der Waals surface area (Å²) < 4.78 is 0. The number of amides is 2. The first-order valence-corrected chi connectivity index (χ1v) is 10.6. The summed E-state index contributed by atoms with van der Waals surface area (Å²) in [6.45, 7) is 2.63. The van der Waals surface area contributed by atoms with Gasteiger partial charge in [0.05, 0.1) is 16.8 Å². The van der Waals surface area contributed by atoms with Gasteiger partial charge >= 0.3 is 6.03 Å². The Kier molecular flexibility index (Phi) is 6.99. The number of hydrogen-bond acceptors (Lipinski definition) is 4. The Labute approximate surface area is 170 Å².